The van der Waals surface area contributed by atoms with Crippen molar-refractivity contribution >= 4 is 11.9 Å². The lowest BCUT2D eigenvalue weighted by atomic mass is 10.1. The Labute approximate surface area is 95.7 Å². The van der Waals surface area contributed by atoms with Gasteiger partial charge in [-0.15, -0.1) is 13.2 Å². The largest absolute Gasteiger partial charge is 0.573 e. The van der Waals surface area contributed by atoms with E-state index in [4.69, 9.17) is 0 Å². The van der Waals surface area contributed by atoms with Gasteiger partial charge in [-0.2, -0.15) is 0 Å². The molecule has 0 unspecified atom stereocenters. The fourth-order valence-corrected chi connectivity index (χ4v) is 1.93. The minimum Gasteiger partial charge on any atom is -0.406 e. The second-order valence-corrected chi connectivity index (χ2v) is 3.69. The quantitative estimate of drug-likeness (QED) is 0.588. The molecular formula is C12H9F3O2. The zero-order chi connectivity index (χ0) is 12.5. The summed E-state index contributed by atoms with van der Waals surface area (Å²) in [5.41, 5.74) is 2.36. The van der Waals surface area contributed by atoms with Crippen LogP contribution >= 0.6 is 0 Å². The molecular weight excluding hydrogens is 233 g/mol. The van der Waals surface area contributed by atoms with Gasteiger partial charge in [0.15, 0.2) is 0 Å². The van der Waals surface area contributed by atoms with Crippen LogP contribution in [0.5, 0.6) is 5.75 Å². The molecule has 0 aliphatic heterocycles. The summed E-state index contributed by atoms with van der Waals surface area (Å²) in [7, 11) is 0. The number of ether oxygens (including phenoxy) is 1. The van der Waals surface area contributed by atoms with Crippen molar-refractivity contribution in [2.45, 2.75) is 19.2 Å². The van der Waals surface area contributed by atoms with Crippen molar-refractivity contribution in [1.82, 2.24) is 0 Å². The molecule has 0 bridgehead atoms. The van der Waals surface area contributed by atoms with Gasteiger partial charge in [0.05, 0.1) is 0 Å². The molecule has 17 heavy (non-hydrogen) atoms. The number of fused-ring (bicyclic) bond motifs is 1. The van der Waals surface area contributed by atoms with Crippen LogP contribution in [0.3, 0.4) is 0 Å². The molecule has 0 saturated carbocycles. The Bertz CT molecular complexity index is 475. The van der Waals surface area contributed by atoms with E-state index in [9.17, 15) is 18.0 Å². The number of carbonyl (C=O) groups is 1. The standard InChI is InChI=1S/C12H9F3O2/c13-12(14,15)17-10-4-3-8-1-2-9(5-6-16)11(8)7-10/h3-7H,1-2H2/b9-5+. The van der Waals surface area contributed by atoms with Crippen LogP contribution in [0.2, 0.25) is 0 Å². The van der Waals surface area contributed by atoms with E-state index in [0.29, 0.717) is 18.3 Å². The maximum atomic E-state index is 12.0. The molecule has 0 atom stereocenters. The van der Waals surface area contributed by atoms with E-state index in [1.54, 1.807) is 6.07 Å². The number of allylic oxidation sites excluding steroid dienone is 2. The summed E-state index contributed by atoms with van der Waals surface area (Å²) < 4.78 is 40.0. The summed E-state index contributed by atoms with van der Waals surface area (Å²) in [6.45, 7) is 0. The zero-order valence-corrected chi connectivity index (χ0v) is 8.75. The van der Waals surface area contributed by atoms with Gasteiger partial charge in [0, 0.05) is 0 Å². The van der Waals surface area contributed by atoms with E-state index in [0.717, 1.165) is 17.6 Å². The van der Waals surface area contributed by atoms with Gasteiger partial charge < -0.3 is 4.74 Å². The molecule has 1 aromatic rings. The van der Waals surface area contributed by atoms with Crippen molar-refractivity contribution in [3.05, 3.63) is 35.4 Å². The predicted octanol–water partition coefficient (Wildman–Crippen LogP) is 3.11. The molecule has 0 amide bonds. The minimum absolute atomic E-state index is 0.255. The molecule has 2 nitrogen and oxygen atoms in total. The van der Waals surface area contributed by atoms with E-state index in [1.807, 2.05) is 0 Å². The molecule has 5 heteroatoms. The number of hydrogen-bond donors (Lipinski definition) is 0. The van der Waals surface area contributed by atoms with Gasteiger partial charge in [-0.1, -0.05) is 6.07 Å². The average Bonchev–Trinajstić information content (AvgIpc) is 2.59. The normalized spacial score (nSPS) is 17.0. The predicted molar refractivity (Wildman–Crippen MR) is 55.5 cm³/mol. The smallest absolute Gasteiger partial charge is 0.406 e. The van der Waals surface area contributed by atoms with Crippen LogP contribution in [0, 0.1) is 0 Å². The Balaban J connectivity index is 2.33. The highest BCUT2D eigenvalue weighted by molar-refractivity contribution is 5.84. The molecule has 0 aromatic heterocycles. The first-order valence-electron chi connectivity index (χ1n) is 5.03. The lowest BCUT2D eigenvalue weighted by Crippen LogP contribution is -2.17. The maximum absolute atomic E-state index is 12.0. The highest BCUT2D eigenvalue weighted by atomic mass is 19.4. The molecule has 0 heterocycles. The van der Waals surface area contributed by atoms with E-state index < -0.39 is 6.36 Å². The molecule has 0 spiro atoms. The number of aryl methyl sites for hydroxylation is 1. The van der Waals surface area contributed by atoms with Crippen LogP contribution in [0.15, 0.2) is 24.3 Å². The van der Waals surface area contributed by atoms with Gasteiger partial charge in [0.25, 0.3) is 0 Å². The molecule has 0 radical (unpaired) electrons. The van der Waals surface area contributed by atoms with Crippen LogP contribution < -0.4 is 4.74 Å². The average molecular weight is 242 g/mol. The maximum Gasteiger partial charge on any atom is 0.573 e. The Hall–Kier alpha value is -1.78. The number of hydrogen-bond acceptors (Lipinski definition) is 2. The van der Waals surface area contributed by atoms with Crippen molar-refractivity contribution in [1.29, 1.82) is 0 Å². The van der Waals surface area contributed by atoms with Crippen molar-refractivity contribution in [2.24, 2.45) is 0 Å². The number of benzene rings is 1. The van der Waals surface area contributed by atoms with Crippen LogP contribution in [0.1, 0.15) is 17.5 Å². The van der Waals surface area contributed by atoms with Crippen molar-refractivity contribution < 1.29 is 22.7 Å². The number of halogens is 3. The molecule has 0 saturated heterocycles. The van der Waals surface area contributed by atoms with Crippen molar-refractivity contribution in [3.63, 3.8) is 0 Å². The summed E-state index contributed by atoms with van der Waals surface area (Å²) >= 11 is 0. The Morgan fingerprint density at radius 1 is 1.24 bits per heavy atom. The van der Waals surface area contributed by atoms with Gasteiger partial charge in [-0.05, 0) is 47.8 Å². The van der Waals surface area contributed by atoms with E-state index in [2.05, 4.69) is 4.74 Å². The zero-order valence-electron chi connectivity index (χ0n) is 8.75. The highest BCUT2D eigenvalue weighted by Crippen LogP contribution is 2.35. The third-order valence-corrected chi connectivity index (χ3v) is 2.59. The number of carbonyl (C=O) groups excluding carboxylic acids is 1. The molecule has 0 N–H and O–H groups in total. The Kier molecular flexibility index (Phi) is 2.92. The first-order valence-corrected chi connectivity index (χ1v) is 5.03. The fraction of sp³-hybridized carbons (Fsp3) is 0.250. The summed E-state index contributed by atoms with van der Waals surface area (Å²) in [6, 6.07) is 4.21. The van der Waals surface area contributed by atoms with Gasteiger partial charge in [0.1, 0.15) is 12.0 Å². The number of aldehydes is 1. The highest BCUT2D eigenvalue weighted by Gasteiger charge is 2.31. The topological polar surface area (TPSA) is 26.3 Å². The summed E-state index contributed by atoms with van der Waals surface area (Å²) in [6.07, 6.45) is -1.27. The van der Waals surface area contributed by atoms with E-state index in [-0.39, 0.29) is 5.75 Å². The third kappa shape index (κ3) is 2.67. The van der Waals surface area contributed by atoms with Crippen LogP contribution in [-0.4, -0.2) is 12.6 Å². The van der Waals surface area contributed by atoms with Gasteiger partial charge in [0.2, 0.25) is 0 Å². The van der Waals surface area contributed by atoms with Crippen molar-refractivity contribution in [3.8, 4) is 5.75 Å². The monoisotopic (exact) mass is 242 g/mol. The molecule has 1 aromatic carbocycles. The lowest BCUT2D eigenvalue weighted by molar-refractivity contribution is -0.274. The van der Waals surface area contributed by atoms with Crippen LogP contribution in [0.4, 0.5) is 13.2 Å². The summed E-state index contributed by atoms with van der Waals surface area (Å²) in [5, 5.41) is 0. The summed E-state index contributed by atoms with van der Waals surface area (Å²) in [4.78, 5) is 10.4. The molecule has 1 aliphatic rings. The van der Waals surface area contributed by atoms with Crippen molar-refractivity contribution in [2.75, 3.05) is 0 Å². The van der Waals surface area contributed by atoms with E-state index >= 15 is 0 Å². The lowest BCUT2D eigenvalue weighted by Gasteiger charge is -2.10. The molecule has 0 fully saturated rings. The van der Waals surface area contributed by atoms with Crippen LogP contribution in [0.25, 0.3) is 5.57 Å². The first kappa shape index (κ1) is 11.7. The molecule has 90 valence electrons. The number of rotatable bonds is 2. The second kappa shape index (κ2) is 4.24. The fourth-order valence-electron chi connectivity index (χ4n) is 1.93. The number of alkyl halides is 3. The Morgan fingerprint density at radius 2 is 2.00 bits per heavy atom. The summed E-state index contributed by atoms with van der Waals surface area (Å²) in [5.74, 6) is -0.255. The Morgan fingerprint density at radius 3 is 2.65 bits per heavy atom. The third-order valence-electron chi connectivity index (χ3n) is 2.59. The molecule has 1 aliphatic carbocycles. The molecule has 2 rings (SSSR count). The second-order valence-electron chi connectivity index (χ2n) is 3.69. The van der Waals surface area contributed by atoms with Gasteiger partial charge >= 0.3 is 6.36 Å². The first-order chi connectivity index (χ1) is 7.99. The van der Waals surface area contributed by atoms with Gasteiger partial charge in [-0.3, -0.25) is 4.79 Å². The SMILES string of the molecule is O=C/C=C1\CCc2ccc(OC(F)(F)F)cc21. The minimum atomic E-state index is -4.69. The van der Waals surface area contributed by atoms with E-state index in [1.165, 1.54) is 18.2 Å². The van der Waals surface area contributed by atoms with Gasteiger partial charge in [-0.25, -0.2) is 0 Å². The van der Waals surface area contributed by atoms with Crippen LogP contribution in [-0.2, 0) is 11.2 Å².